The number of carbonyl (C=O) groups excluding carboxylic acids is 1. The van der Waals surface area contributed by atoms with E-state index in [0.717, 1.165) is 16.9 Å². The molecule has 0 amide bonds. The Bertz CT molecular complexity index is 504. The maximum atomic E-state index is 11.5. The predicted molar refractivity (Wildman–Crippen MR) is 58.2 cm³/mol. The van der Waals surface area contributed by atoms with Gasteiger partial charge in [0.15, 0.2) is 0 Å². The molecule has 3 heteroatoms. The summed E-state index contributed by atoms with van der Waals surface area (Å²) in [6.07, 6.45) is 2.55. The largest absolute Gasteiger partial charge is 0.457 e. The van der Waals surface area contributed by atoms with Gasteiger partial charge in [-0.25, -0.2) is 0 Å². The molecule has 82 valence electrons. The number of rotatable bonds is 0. The minimum atomic E-state index is -0.787. The lowest BCUT2D eigenvalue weighted by Gasteiger charge is -2.39. The summed E-state index contributed by atoms with van der Waals surface area (Å²) in [5.41, 5.74) is 1.58. The number of ketones is 1. The van der Waals surface area contributed by atoms with Crippen LogP contribution in [0, 0.1) is 6.92 Å². The molecule has 2 aliphatic rings. The van der Waals surface area contributed by atoms with Crippen LogP contribution in [0.5, 0.6) is 5.75 Å². The lowest BCUT2D eigenvalue weighted by atomic mass is 9.89. The van der Waals surface area contributed by atoms with Crippen LogP contribution < -0.4 is 4.74 Å². The monoisotopic (exact) mass is 216 g/mol. The molecule has 3 nitrogen and oxygen atoms in total. The first-order chi connectivity index (χ1) is 7.58. The molecular weight excluding hydrogens is 204 g/mol. The van der Waals surface area contributed by atoms with Crippen LogP contribution in [0.1, 0.15) is 18.1 Å². The van der Waals surface area contributed by atoms with Gasteiger partial charge in [-0.05, 0) is 38.1 Å². The summed E-state index contributed by atoms with van der Waals surface area (Å²) in [4.78, 5) is 11.5. The zero-order valence-corrected chi connectivity index (χ0v) is 9.19. The van der Waals surface area contributed by atoms with Crippen LogP contribution in [0.4, 0.5) is 0 Å². The van der Waals surface area contributed by atoms with E-state index in [9.17, 15) is 4.79 Å². The molecule has 2 heterocycles. The summed E-state index contributed by atoms with van der Waals surface area (Å²) >= 11 is 0. The summed E-state index contributed by atoms with van der Waals surface area (Å²) < 4.78 is 11.2. The van der Waals surface area contributed by atoms with Gasteiger partial charge in [-0.15, -0.1) is 0 Å². The van der Waals surface area contributed by atoms with Gasteiger partial charge in [0.05, 0.1) is 0 Å². The molecule has 1 aromatic rings. The zero-order valence-electron chi connectivity index (χ0n) is 9.19. The second-order valence-electron chi connectivity index (χ2n) is 4.41. The molecule has 0 spiro atoms. The third kappa shape index (κ3) is 1.21. The number of benzene rings is 1. The maximum absolute atomic E-state index is 11.5. The molecule has 0 saturated heterocycles. The Kier molecular flexibility index (Phi) is 1.77. The maximum Gasteiger partial charge on any atom is 0.265 e. The summed E-state index contributed by atoms with van der Waals surface area (Å²) in [7, 11) is 0. The van der Waals surface area contributed by atoms with Crippen molar-refractivity contribution in [3.63, 3.8) is 0 Å². The minimum absolute atomic E-state index is 0.135. The first-order valence-corrected chi connectivity index (χ1v) is 5.27. The van der Waals surface area contributed by atoms with E-state index in [-0.39, 0.29) is 5.78 Å². The average molecular weight is 216 g/mol. The van der Waals surface area contributed by atoms with E-state index in [0.29, 0.717) is 0 Å². The van der Waals surface area contributed by atoms with E-state index in [1.807, 2.05) is 32.0 Å². The van der Waals surface area contributed by atoms with Gasteiger partial charge < -0.3 is 9.47 Å². The topological polar surface area (TPSA) is 35.5 Å². The Labute approximate surface area is 93.7 Å². The second kappa shape index (κ2) is 2.95. The highest BCUT2D eigenvalue weighted by atomic mass is 16.7. The Morgan fingerprint density at radius 2 is 2.19 bits per heavy atom. The lowest BCUT2D eigenvalue weighted by molar-refractivity contribution is -0.183. The summed E-state index contributed by atoms with van der Waals surface area (Å²) in [6.45, 7) is 3.97. The number of aryl methyl sites for hydroxylation is 1. The third-order valence-electron chi connectivity index (χ3n) is 3.05. The van der Waals surface area contributed by atoms with Crippen molar-refractivity contribution in [1.82, 2.24) is 0 Å². The predicted octanol–water partition coefficient (Wildman–Crippen LogP) is 2.08. The van der Waals surface area contributed by atoms with Crippen LogP contribution in [0.3, 0.4) is 0 Å². The molecule has 2 bridgehead atoms. The van der Waals surface area contributed by atoms with Crippen molar-refractivity contribution in [3.8, 4) is 5.75 Å². The molecule has 2 unspecified atom stereocenters. The third-order valence-corrected chi connectivity index (χ3v) is 3.05. The Morgan fingerprint density at radius 3 is 3.00 bits per heavy atom. The number of hydrogen-bond donors (Lipinski definition) is 0. The molecule has 2 aliphatic heterocycles. The Morgan fingerprint density at radius 1 is 1.38 bits per heavy atom. The fraction of sp³-hybridized carbons (Fsp3) is 0.308. The minimum Gasteiger partial charge on any atom is -0.457 e. The normalized spacial score (nSPS) is 30.9. The first-order valence-electron chi connectivity index (χ1n) is 5.27. The van der Waals surface area contributed by atoms with Gasteiger partial charge in [0.1, 0.15) is 11.4 Å². The first kappa shape index (κ1) is 9.60. The van der Waals surface area contributed by atoms with Gasteiger partial charge in [0, 0.05) is 5.56 Å². The number of carbonyl (C=O) groups is 1. The Balaban J connectivity index is 2.21. The van der Waals surface area contributed by atoms with Gasteiger partial charge >= 0.3 is 0 Å². The van der Waals surface area contributed by atoms with Crippen LogP contribution in [0.15, 0.2) is 30.4 Å². The lowest BCUT2D eigenvalue weighted by Crippen LogP contribution is -2.45. The van der Waals surface area contributed by atoms with Crippen molar-refractivity contribution in [2.75, 3.05) is 0 Å². The second-order valence-corrected chi connectivity index (χ2v) is 4.41. The average Bonchev–Trinajstić information content (AvgIpc) is 2.26. The van der Waals surface area contributed by atoms with Crippen molar-refractivity contribution >= 4 is 5.78 Å². The highest BCUT2D eigenvalue weighted by Crippen LogP contribution is 2.42. The molecule has 0 saturated carbocycles. The van der Waals surface area contributed by atoms with Crippen LogP contribution in [-0.2, 0) is 15.1 Å². The van der Waals surface area contributed by atoms with Gasteiger partial charge in [0.2, 0.25) is 5.78 Å². The number of fused-ring (bicyclic) bond motifs is 4. The fourth-order valence-electron chi connectivity index (χ4n) is 2.12. The van der Waals surface area contributed by atoms with E-state index in [4.69, 9.17) is 9.47 Å². The summed E-state index contributed by atoms with van der Waals surface area (Å²) in [5, 5.41) is 0. The van der Waals surface area contributed by atoms with E-state index >= 15 is 0 Å². The fourth-order valence-corrected chi connectivity index (χ4v) is 2.12. The molecule has 0 radical (unpaired) electrons. The van der Waals surface area contributed by atoms with Crippen LogP contribution in [0.2, 0.25) is 0 Å². The molecule has 0 fully saturated rings. The number of ether oxygens (including phenoxy) is 2. The SMILES string of the molecule is Cc1ccc2c(c1)C1(C)C=CC(=O)C(O2)O1. The number of hydrogen-bond acceptors (Lipinski definition) is 3. The summed E-state index contributed by atoms with van der Waals surface area (Å²) in [5.74, 6) is 0.603. The van der Waals surface area contributed by atoms with Crippen LogP contribution in [-0.4, -0.2) is 12.1 Å². The van der Waals surface area contributed by atoms with E-state index in [1.165, 1.54) is 0 Å². The standard InChI is InChI=1S/C13H12O3/c1-8-3-4-11-9(7-8)13(2)6-5-10(14)12(15-11)16-13/h3-7,12H,1-2H3. The van der Waals surface area contributed by atoms with Crippen molar-refractivity contribution in [3.05, 3.63) is 41.5 Å². The van der Waals surface area contributed by atoms with Crippen molar-refractivity contribution in [2.24, 2.45) is 0 Å². The molecule has 0 N–H and O–H groups in total. The molecular formula is C13H12O3. The molecule has 0 aliphatic carbocycles. The van der Waals surface area contributed by atoms with Gasteiger partial charge in [0.25, 0.3) is 6.29 Å². The molecule has 16 heavy (non-hydrogen) atoms. The van der Waals surface area contributed by atoms with Gasteiger partial charge in [-0.3, -0.25) is 4.79 Å². The van der Waals surface area contributed by atoms with Gasteiger partial charge in [-0.2, -0.15) is 0 Å². The van der Waals surface area contributed by atoms with Gasteiger partial charge in [-0.1, -0.05) is 11.6 Å². The van der Waals surface area contributed by atoms with Crippen molar-refractivity contribution in [1.29, 1.82) is 0 Å². The molecule has 2 atom stereocenters. The van der Waals surface area contributed by atoms with E-state index in [1.54, 1.807) is 12.2 Å². The molecule has 3 rings (SSSR count). The highest BCUT2D eigenvalue weighted by Gasteiger charge is 2.42. The quantitative estimate of drug-likeness (QED) is 0.666. The zero-order chi connectivity index (χ0) is 11.3. The Hall–Kier alpha value is -1.61. The van der Waals surface area contributed by atoms with Crippen molar-refractivity contribution in [2.45, 2.75) is 25.7 Å². The summed E-state index contributed by atoms with van der Waals surface area (Å²) in [6, 6.07) is 5.90. The van der Waals surface area contributed by atoms with Crippen molar-refractivity contribution < 1.29 is 14.3 Å². The highest BCUT2D eigenvalue weighted by molar-refractivity contribution is 5.94. The smallest absolute Gasteiger partial charge is 0.265 e. The van der Waals surface area contributed by atoms with E-state index < -0.39 is 11.9 Å². The van der Waals surface area contributed by atoms with Crippen LogP contribution in [0.25, 0.3) is 0 Å². The molecule has 1 aromatic carbocycles. The van der Waals surface area contributed by atoms with Crippen LogP contribution >= 0.6 is 0 Å². The van der Waals surface area contributed by atoms with E-state index in [2.05, 4.69) is 0 Å². The molecule has 0 aromatic heterocycles.